The van der Waals surface area contributed by atoms with Crippen LogP contribution in [0.2, 0.25) is 5.02 Å². The third-order valence-electron chi connectivity index (χ3n) is 1.70. The zero-order chi connectivity index (χ0) is 10.7. The van der Waals surface area contributed by atoms with Crippen molar-refractivity contribution >= 4 is 11.6 Å². The summed E-state index contributed by atoms with van der Waals surface area (Å²) in [7, 11) is 0. The molecule has 0 aliphatic carbocycles. The van der Waals surface area contributed by atoms with Crippen molar-refractivity contribution in [2.45, 2.75) is 19.6 Å². The molecule has 0 aromatic carbocycles. The molecule has 6 heteroatoms. The number of aliphatic hydroxyl groups is 1. The molecule has 0 unspecified atom stereocenters. The van der Waals surface area contributed by atoms with Gasteiger partial charge in [-0.3, -0.25) is 4.98 Å². The molecule has 0 saturated heterocycles. The lowest BCUT2D eigenvalue weighted by Gasteiger charge is -2.08. The minimum absolute atomic E-state index is 0.0353. The Hall–Kier alpha value is -0.780. The Bertz CT molecular complexity index is 333. The highest BCUT2D eigenvalue weighted by atomic mass is 35.5. The number of pyridine rings is 1. The second-order valence-corrected chi connectivity index (χ2v) is 3.00. The number of hydrogen-bond donors (Lipinski definition) is 2. The first-order valence-electron chi connectivity index (χ1n) is 3.87. The molecule has 14 heavy (non-hydrogen) atoms. The van der Waals surface area contributed by atoms with Gasteiger partial charge in [-0.1, -0.05) is 11.6 Å². The van der Waals surface area contributed by atoms with Crippen LogP contribution in [-0.4, -0.2) is 10.1 Å². The Morgan fingerprint density at radius 2 is 2.21 bits per heavy atom. The van der Waals surface area contributed by atoms with Crippen LogP contribution >= 0.6 is 11.6 Å². The monoisotopic (exact) mass is 222 g/mol. The van der Waals surface area contributed by atoms with E-state index in [0.717, 1.165) is 6.07 Å². The summed E-state index contributed by atoms with van der Waals surface area (Å²) in [6.45, 7) is -0.448. The van der Waals surface area contributed by atoms with Crippen LogP contribution in [0.3, 0.4) is 0 Å². The minimum Gasteiger partial charge on any atom is -0.390 e. The van der Waals surface area contributed by atoms with Crippen molar-refractivity contribution in [3.05, 3.63) is 28.0 Å². The maximum absolute atomic E-state index is 12.4. The van der Waals surface area contributed by atoms with Crippen LogP contribution in [0, 0.1) is 0 Å². The summed E-state index contributed by atoms with van der Waals surface area (Å²) in [5.74, 6) is 0. The number of halogens is 3. The van der Waals surface area contributed by atoms with Crippen molar-refractivity contribution < 1.29 is 13.9 Å². The van der Waals surface area contributed by atoms with Crippen LogP contribution in [0.25, 0.3) is 0 Å². The number of alkyl halides is 2. The summed E-state index contributed by atoms with van der Waals surface area (Å²) < 4.78 is 24.9. The SMILES string of the molecule is NCc1nc(CO)cc(C(F)F)c1Cl. The number of nitrogens with two attached hydrogens (primary N) is 1. The fraction of sp³-hybridized carbons (Fsp3) is 0.375. The van der Waals surface area contributed by atoms with Crippen LogP contribution < -0.4 is 5.73 Å². The average Bonchev–Trinajstić information content (AvgIpc) is 2.17. The molecular weight excluding hydrogens is 214 g/mol. The van der Waals surface area contributed by atoms with Gasteiger partial charge in [0, 0.05) is 12.1 Å². The lowest BCUT2D eigenvalue weighted by molar-refractivity contribution is 0.151. The Labute approximate surface area is 84.5 Å². The molecule has 0 saturated carbocycles. The van der Waals surface area contributed by atoms with Gasteiger partial charge in [0.25, 0.3) is 6.43 Å². The standard InChI is InChI=1S/C8H9ClF2N2O/c9-7-5(8(10)11)1-4(3-14)13-6(7)2-12/h1,8,14H,2-3,12H2. The molecule has 1 rings (SSSR count). The molecule has 0 amide bonds. The van der Waals surface area contributed by atoms with Crippen LogP contribution in [0.1, 0.15) is 23.4 Å². The van der Waals surface area contributed by atoms with Gasteiger partial charge in [0.1, 0.15) is 0 Å². The minimum atomic E-state index is -2.69. The third kappa shape index (κ3) is 2.17. The number of aromatic nitrogens is 1. The van der Waals surface area contributed by atoms with E-state index in [9.17, 15) is 8.78 Å². The molecule has 1 aromatic rings. The van der Waals surface area contributed by atoms with E-state index in [1.54, 1.807) is 0 Å². The first-order chi connectivity index (χ1) is 6.60. The first-order valence-corrected chi connectivity index (χ1v) is 4.25. The van der Waals surface area contributed by atoms with Crippen molar-refractivity contribution in [3.8, 4) is 0 Å². The van der Waals surface area contributed by atoms with E-state index < -0.39 is 13.0 Å². The number of nitrogens with zero attached hydrogens (tertiary/aromatic N) is 1. The van der Waals surface area contributed by atoms with Crippen molar-refractivity contribution in [1.82, 2.24) is 4.98 Å². The molecule has 0 atom stereocenters. The molecule has 0 spiro atoms. The van der Waals surface area contributed by atoms with Gasteiger partial charge in [0.05, 0.1) is 23.0 Å². The van der Waals surface area contributed by atoms with E-state index in [-0.39, 0.29) is 28.5 Å². The molecule has 78 valence electrons. The molecule has 3 nitrogen and oxygen atoms in total. The Balaban J connectivity index is 3.27. The van der Waals surface area contributed by atoms with Crippen LogP contribution in [-0.2, 0) is 13.2 Å². The molecule has 1 heterocycles. The highest BCUT2D eigenvalue weighted by Gasteiger charge is 2.16. The van der Waals surface area contributed by atoms with Crippen LogP contribution in [0.5, 0.6) is 0 Å². The van der Waals surface area contributed by atoms with Gasteiger partial charge in [0.15, 0.2) is 0 Å². The predicted octanol–water partition coefficient (Wildman–Crippen LogP) is 1.62. The van der Waals surface area contributed by atoms with Gasteiger partial charge >= 0.3 is 0 Å². The highest BCUT2D eigenvalue weighted by Crippen LogP contribution is 2.29. The fourth-order valence-corrected chi connectivity index (χ4v) is 1.30. The molecule has 0 aliphatic heterocycles. The second-order valence-electron chi connectivity index (χ2n) is 2.63. The van der Waals surface area contributed by atoms with Crippen LogP contribution in [0.4, 0.5) is 8.78 Å². The largest absolute Gasteiger partial charge is 0.390 e. The quantitative estimate of drug-likeness (QED) is 0.817. The second kappa shape index (κ2) is 4.63. The topological polar surface area (TPSA) is 59.1 Å². The smallest absolute Gasteiger partial charge is 0.265 e. The van der Waals surface area contributed by atoms with Crippen molar-refractivity contribution in [3.63, 3.8) is 0 Å². The third-order valence-corrected chi connectivity index (χ3v) is 2.13. The lowest BCUT2D eigenvalue weighted by Crippen LogP contribution is -2.06. The van der Waals surface area contributed by atoms with Gasteiger partial charge in [-0.05, 0) is 6.07 Å². The fourth-order valence-electron chi connectivity index (χ4n) is 1.04. The first kappa shape index (κ1) is 11.3. The maximum Gasteiger partial charge on any atom is 0.265 e. The summed E-state index contributed by atoms with van der Waals surface area (Å²) in [4.78, 5) is 3.81. The summed E-state index contributed by atoms with van der Waals surface area (Å²) in [6.07, 6.45) is -2.69. The van der Waals surface area contributed by atoms with Gasteiger partial charge in [0.2, 0.25) is 0 Å². The highest BCUT2D eigenvalue weighted by molar-refractivity contribution is 6.32. The van der Waals surface area contributed by atoms with E-state index in [2.05, 4.69) is 4.98 Å². The molecular formula is C8H9ClF2N2O. The predicted molar refractivity (Wildman–Crippen MR) is 48.0 cm³/mol. The molecule has 0 fully saturated rings. The summed E-state index contributed by atoms with van der Waals surface area (Å²) in [5, 5.41) is 8.64. The van der Waals surface area contributed by atoms with Crippen molar-refractivity contribution in [2.24, 2.45) is 5.73 Å². The van der Waals surface area contributed by atoms with Gasteiger partial charge in [-0.2, -0.15) is 0 Å². The normalized spacial score (nSPS) is 11.0. The van der Waals surface area contributed by atoms with E-state index in [0.29, 0.717) is 0 Å². The average molecular weight is 223 g/mol. The molecule has 1 aromatic heterocycles. The Morgan fingerprint density at radius 1 is 1.57 bits per heavy atom. The maximum atomic E-state index is 12.4. The summed E-state index contributed by atoms with van der Waals surface area (Å²) in [6, 6.07) is 1.08. The van der Waals surface area contributed by atoms with E-state index in [1.807, 2.05) is 0 Å². The zero-order valence-corrected chi connectivity index (χ0v) is 7.93. The van der Waals surface area contributed by atoms with Crippen molar-refractivity contribution in [1.29, 1.82) is 0 Å². The van der Waals surface area contributed by atoms with Gasteiger partial charge in [-0.25, -0.2) is 8.78 Å². The number of hydrogen-bond acceptors (Lipinski definition) is 3. The zero-order valence-electron chi connectivity index (χ0n) is 7.17. The van der Waals surface area contributed by atoms with E-state index in [4.69, 9.17) is 22.4 Å². The number of rotatable bonds is 3. The van der Waals surface area contributed by atoms with E-state index >= 15 is 0 Å². The molecule has 0 bridgehead atoms. The van der Waals surface area contributed by atoms with Crippen LogP contribution in [0.15, 0.2) is 6.07 Å². The van der Waals surface area contributed by atoms with Gasteiger partial charge < -0.3 is 10.8 Å². The Morgan fingerprint density at radius 3 is 2.64 bits per heavy atom. The molecule has 0 aliphatic rings. The lowest BCUT2D eigenvalue weighted by atomic mass is 10.2. The summed E-state index contributed by atoms with van der Waals surface area (Å²) in [5.41, 5.74) is 5.25. The van der Waals surface area contributed by atoms with Gasteiger partial charge in [-0.15, -0.1) is 0 Å². The number of aliphatic hydroxyl groups excluding tert-OH is 1. The summed E-state index contributed by atoms with van der Waals surface area (Å²) >= 11 is 5.63. The Kier molecular flexibility index (Phi) is 3.74. The molecule has 0 radical (unpaired) electrons. The molecule has 3 N–H and O–H groups in total. The van der Waals surface area contributed by atoms with E-state index in [1.165, 1.54) is 0 Å². The van der Waals surface area contributed by atoms with Crippen molar-refractivity contribution in [2.75, 3.05) is 0 Å².